The van der Waals surface area contributed by atoms with Gasteiger partial charge in [0.15, 0.2) is 0 Å². The minimum absolute atomic E-state index is 0.332. The van der Waals surface area contributed by atoms with Crippen molar-refractivity contribution in [2.24, 2.45) is 5.16 Å². The number of benzene rings is 1. The number of fused-ring (bicyclic) bond motifs is 1. The van der Waals surface area contributed by atoms with Crippen LogP contribution < -0.4 is 5.56 Å². The summed E-state index contributed by atoms with van der Waals surface area (Å²) in [6.07, 6.45) is 4.36. The van der Waals surface area contributed by atoms with Crippen LogP contribution in [-0.4, -0.2) is 38.1 Å². The van der Waals surface area contributed by atoms with E-state index in [-0.39, 0.29) is 5.56 Å². The Bertz CT molecular complexity index is 1540. The largest absolute Gasteiger partial charge is 0.466 e. The molecule has 3 heterocycles. The summed E-state index contributed by atoms with van der Waals surface area (Å²) in [7, 11) is -4.75. The number of pyridine rings is 1. The fourth-order valence-electron chi connectivity index (χ4n) is 4.27. The maximum Gasteiger partial charge on any atom is 0.466 e. The van der Waals surface area contributed by atoms with Crippen LogP contribution in [0.4, 0.5) is 0 Å². The zero-order valence-corrected chi connectivity index (χ0v) is 18.8. The molecular formula is C23H21N5O5S. The maximum absolute atomic E-state index is 12.8. The number of hydrogen-bond acceptors (Lipinski definition) is 7. The molecule has 4 aromatic rings. The molecular weight excluding hydrogens is 458 g/mol. The highest BCUT2D eigenvalue weighted by molar-refractivity contribution is 7.80. The molecule has 11 heteroatoms. The summed E-state index contributed by atoms with van der Waals surface area (Å²) >= 11 is 0. The summed E-state index contributed by atoms with van der Waals surface area (Å²) in [6, 6.07) is 17.9. The van der Waals surface area contributed by atoms with Gasteiger partial charge in [-0.2, -0.15) is 18.6 Å². The molecule has 1 saturated carbocycles. The second-order valence-corrected chi connectivity index (χ2v) is 8.97. The summed E-state index contributed by atoms with van der Waals surface area (Å²) in [5, 5.41) is 13.0. The molecule has 1 N–H and O–H groups in total. The lowest BCUT2D eigenvalue weighted by atomic mass is 9.93. The van der Waals surface area contributed by atoms with Crippen LogP contribution in [0.25, 0.3) is 28.0 Å². The van der Waals surface area contributed by atoms with E-state index in [1.165, 1.54) is 10.7 Å². The van der Waals surface area contributed by atoms with E-state index in [2.05, 4.69) is 14.5 Å². The molecule has 1 aromatic carbocycles. The zero-order chi connectivity index (χ0) is 23.7. The average Bonchev–Trinajstić information content (AvgIpc) is 3.23. The molecule has 5 rings (SSSR count). The molecule has 1 aliphatic carbocycles. The van der Waals surface area contributed by atoms with Gasteiger partial charge in [0.05, 0.1) is 28.5 Å². The molecule has 0 aliphatic heterocycles. The Balaban J connectivity index is 1.66. The van der Waals surface area contributed by atoms with E-state index in [4.69, 9.17) is 9.65 Å². The Labute approximate surface area is 195 Å². The predicted molar refractivity (Wildman–Crippen MR) is 126 cm³/mol. The molecule has 1 aliphatic rings. The van der Waals surface area contributed by atoms with E-state index >= 15 is 0 Å². The van der Waals surface area contributed by atoms with E-state index in [9.17, 15) is 13.2 Å². The third-order valence-corrected chi connectivity index (χ3v) is 6.02. The summed E-state index contributed by atoms with van der Waals surface area (Å²) in [5.41, 5.74) is 3.74. The van der Waals surface area contributed by atoms with Crippen molar-refractivity contribution in [2.75, 3.05) is 0 Å². The normalized spacial score (nSPS) is 17.8. The minimum Gasteiger partial charge on any atom is -0.268 e. The predicted octanol–water partition coefficient (Wildman–Crippen LogP) is 3.52. The van der Waals surface area contributed by atoms with Crippen molar-refractivity contribution in [3.8, 4) is 22.5 Å². The molecule has 0 saturated heterocycles. The Hall–Kier alpha value is -3.83. The van der Waals surface area contributed by atoms with E-state index in [0.717, 1.165) is 35.2 Å². The van der Waals surface area contributed by atoms with Gasteiger partial charge >= 0.3 is 10.4 Å². The zero-order valence-electron chi connectivity index (χ0n) is 18.0. The highest BCUT2D eigenvalue weighted by Gasteiger charge is 2.27. The van der Waals surface area contributed by atoms with Crippen molar-refractivity contribution < 1.29 is 17.3 Å². The second-order valence-electron chi connectivity index (χ2n) is 7.97. The molecule has 10 nitrogen and oxygen atoms in total. The van der Waals surface area contributed by atoms with Crippen LogP contribution in [0, 0.1) is 0 Å². The summed E-state index contributed by atoms with van der Waals surface area (Å²) < 4.78 is 38.3. The van der Waals surface area contributed by atoms with Crippen molar-refractivity contribution in [3.63, 3.8) is 0 Å². The van der Waals surface area contributed by atoms with Crippen molar-refractivity contribution in [2.45, 2.75) is 31.7 Å². The van der Waals surface area contributed by atoms with E-state index < -0.39 is 16.4 Å². The molecule has 3 aromatic heterocycles. The Morgan fingerprint density at radius 3 is 2.59 bits per heavy atom. The molecule has 1 atom stereocenters. The van der Waals surface area contributed by atoms with Gasteiger partial charge in [-0.3, -0.25) is 9.35 Å². The number of oxime groups is 1. The summed E-state index contributed by atoms with van der Waals surface area (Å²) in [5.74, 6) is 0. The SMILES string of the molecule is O=c1ccc(-c2c(-c3ccccc3)nn3ccccc23)nn1C1CCCC/C1=N\OS(=O)(=O)O. The van der Waals surface area contributed by atoms with Crippen molar-refractivity contribution in [3.05, 3.63) is 77.2 Å². The molecule has 0 bridgehead atoms. The van der Waals surface area contributed by atoms with Crippen LogP contribution in [0.2, 0.25) is 0 Å². The van der Waals surface area contributed by atoms with Gasteiger partial charge in [-0.1, -0.05) is 48.0 Å². The lowest BCUT2D eigenvalue weighted by Crippen LogP contribution is -2.34. The van der Waals surface area contributed by atoms with Crippen LogP contribution in [0.15, 0.2) is 76.8 Å². The first kappa shape index (κ1) is 22.0. The molecule has 34 heavy (non-hydrogen) atoms. The van der Waals surface area contributed by atoms with Gasteiger partial charge in [0.25, 0.3) is 5.56 Å². The van der Waals surface area contributed by atoms with Crippen LogP contribution in [-0.2, 0) is 14.7 Å². The van der Waals surface area contributed by atoms with Gasteiger partial charge < -0.3 is 0 Å². The van der Waals surface area contributed by atoms with Gasteiger partial charge in [-0.05, 0) is 37.5 Å². The number of rotatable bonds is 5. The van der Waals surface area contributed by atoms with Crippen LogP contribution in [0.1, 0.15) is 31.7 Å². The van der Waals surface area contributed by atoms with Crippen molar-refractivity contribution >= 4 is 21.6 Å². The quantitative estimate of drug-likeness (QED) is 0.343. The van der Waals surface area contributed by atoms with Crippen molar-refractivity contribution in [1.29, 1.82) is 0 Å². The van der Waals surface area contributed by atoms with Gasteiger partial charge in [0.1, 0.15) is 5.69 Å². The van der Waals surface area contributed by atoms with Crippen LogP contribution in [0.3, 0.4) is 0 Å². The average molecular weight is 480 g/mol. The van der Waals surface area contributed by atoms with Crippen LogP contribution in [0.5, 0.6) is 0 Å². The number of hydrogen-bond donors (Lipinski definition) is 1. The fraction of sp³-hybridized carbons (Fsp3) is 0.217. The topological polar surface area (TPSA) is 128 Å². The smallest absolute Gasteiger partial charge is 0.268 e. The molecule has 1 unspecified atom stereocenters. The van der Waals surface area contributed by atoms with Gasteiger partial charge in [-0.25, -0.2) is 13.5 Å². The standard InChI is InChI=1S/C23H21N5O5S/c29-21-14-13-18(24-28(21)19-11-5-4-10-17(19)26-33-34(30,31)32)22-20-12-6-7-15-27(20)25-23(22)16-8-2-1-3-9-16/h1-3,6-9,12-15,19H,4-5,10-11H2,(H,30,31,32)/b26-17+. The minimum atomic E-state index is -4.75. The molecule has 0 amide bonds. The molecule has 0 radical (unpaired) electrons. The first-order valence-electron chi connectivity index (χ1n) is 10.8. The first-order valence-corrected chi connectivity index (χ1v) is 12.1. The van der Waals surface area contributed by atoms with E-state index in [0.29, 0.717) is 24.2 Å². The lowest BCUT2D eigenvalue weighted by Gasteiger charge is -2.24. The van der Waals surface area contributed by atoms with Gasteiger partial charge in [0.2, 0.25) is 0 Å². The third-order valence-electron chi connectivity index (χ3n) is 5.76. The Morgan fingerprint density at radius 2 is 1.79 bits per heavy atom. The highest BCUT2D eigenvalue weighted by Crippen LogP contribution is 2.34. The fourth-order valence-corrected chi connectivity index (χ4v) is 4.46. The second kappa shape index (κ2) is 8.84. The van der Waals surface area contributed by atoms with Gasteiger partial charge in [-0.15, -0.1) is 0 Å². The maximum atomic E-state index is 12.8. The monoisotopic (exact) mass is 479 g/mol. The molecule has 174 valence electrons. The molecule has 1 fully saturated rings. The summed E-state index contributed by atoms with van der Waals surface area (Å²) in [6.45, 7) is 0. The lowest BCUT2D eigenvalue weighted by molar-refractivity contribution is 0.276. The van der Waals surface area contributed by atoms with Crippen LogP contribution >= 0.6 is 0 Å². The Morgan fingerprint density at radius 1 is 1.00 bits per heavy atom. The third kappa shape index (κ3) is 4.35. The van der Waals surface area contributed by atoms with E-state index in [1.807, 2.05) is 54.7 Å². The van der Waals surface area contributed by atoms with Gasteiger partial charge in [0, 0.05) is 17.8 Å². The molecule has 0 spiro atoms. The first-order chi connectivity index (χ1) is 16.4. The number of nitrogens with zero attached hydrogens (tertiary/aromatic N) is 5. The van der Waals surface area contributed by atoms with Crippen molar-refractivity contribution in [1.82, 2.24) is 19.4 Å². The summed E-state index contributed by atoms with van der Waals surface area (Å²) in [4.78, 5) is 12.8. The highest BCUT2D eigenvalue weighted by atomic mass is 32.3. The van der Waals surface area contributed by atoms with E-state index in [1.54, 1.807) is 10.6 Å². The Kier molecular flexibility index (Phi) is 5.72. The number of aromatic nitrogens is 4.